The van der Waals surface area contributed by atoms with Gasteiger partial charge in [0.1, 0.15) is 12.3 Å². The third-order valence-corrected chi connectivity index (χ3v) is 5.53. The van der Waals surface area contributed by atoms with Gasteiger partial charge >= 0.3 is 0 Å². The van der Waals surface area contributed by atoms with Crippen LogP contribution in [0, 0.1) is 0 Å². The first-order valence-corrected chi connectivity index (χ1v) is 9.77. The summed E-state index contributed by atoms with van der Waals surface area (Å²) in [5, 5.41) is 2.87. The molecule has 0 saturated heterocycles. The van der Waals surface area contributed by atoms with Gasteiger partial charge in [0.05, 0.1) is 23.5 Å². The van der Waals surface area contributed by atoms with Gasteiger partial charge in [-0.05, 0) is 24.3 Å². The highest BCUT2D eigenvalue weighted by molar-refractivity contribution is 8.00. The van der Waals surface area contributed by atoms with Crippen molar-refractivity contribution in [3.63, 3.8) is 0 Å². The van der Waals surface area contributed by atoms with Gasteiger partial charge in [-0.15, -0.1) is 11.8 Å². The third kappa shape index (κ3) is 4.36. The number of nitrogens with one attached hydrogen (secondary N) is 1. The van der Waals surface area contributed by atoms with Crippen molar-refractivity contribution in [1.82, 2.24) is 5.32 Å². The number of furan rings is 1. The van der Waals surface area contributed by atoms with E-state index in [0.717, 1.165) is 27.8 Å². The Bertz CT molecular complexity index is 704. The maximum absolute atomic E-state index is 12.1. The highest BCUT2D eigenvalue weighted by Crippen LogP contribution is 2.34. The quantitative estimate of drug-likeness (QED) is 0.768. The van der Waals surface area contributed by atoms with E-state index in [9.17, 15) is 9.59 Å². The van der Waals surface area contributed by atoms with Gasteiger partial charge in [0.2, 0.25) is 11.8 Å². The van der Waals surface area contributed by atoms with Gasteiger partial charge in [0.15, 0.2) is 0 Å². The smallest absolute Gasteiger partial charge is 0.240 e. The van der Waals surface area contributed by atoms with Crippen molar-refractivity contribution in [2.24, 2.45) is 0 Å². The predicted molar refractivity (Wildman–Crippen MR) is 97.4 cm³/mol. The number of hydrogen-bond acceptors (Lipinski definition) is 5. The Labute approximate surface area is 149 Å². The number of fused-ring (bicyclic) bond motifs is 1. The van der Waals surface area contributed by atoms with Gasteiger partial charge in [-0.25, -0.2) is 0 Å². The average molecular weight is 362 g/mol. The van der Waals surface area contributed by atoms with E-state index < -0.39 is 0 Å². The topological polar surface area (TPSA) is 62.6 Å². The molecule has 7 heteroatoms. The summed E-state index contributed by atoms with van der Waals surface area (Å²) in [5.41, 5.74) is 0.820. The Morgan fingerprint density at radius 3 is 3.00 bits per heavy atom. The zero-order chi connectivity index (χ0) is 16.8. The number of benzene rings is 1. The van der Waals surface area contributed by atoms with Gasteiger partial charge in [-0.3, -0.25) is 9.59 Å². The fraction of sp³-hybridized carbons (Fsp3) is 0.294. The van der Waals surface area contributed by atoms with Crippen molar-refractivity contribution in [3.8, 4) is 0 Å². The number of rotatable bonds is 7. The summed E-state index contributed by atoms with van der Waals surface area (Å²) in [7, 11) is 0. The Morgan fingerprint density at radius 1 is 1.29 bits per heavy atom. The summed E-state index contributed by atoms with van der Waals surface area (Å²) in [6.45, 7) is 0.641. The first-order chi connectivity index (χ1) is 11.7. The molecular weight excluding hydrogens is 344 g/mol. The van der Waals surface area contributed by atoms with Crippen molar-refractivity contribution in [2.45, 2.75) is 10.6 Å². The molecular formula is C17H18N2O3S2. The molecule has 3 rings (SSSR count). The monoisotopic (exact) mass is 362 g/mol. The molecule has 0 radical (unpaired) electrons. The lowest BCUT2D eigenvalue weighted by Gasteiger charge is -2.28. The van der Waals surface area contributed by atoms with E-state index in [1.54, 1.807) is 22.9 Å². The largest absolute Gasteiger partial charge is 0.468 e. The standard InChI is InChI=1S/C17H18N2O3S2/c20-16(18-7-9-23-11-13-4-3-8-22-13)10-19-14-5-1-2-6-15(14)24-12-17(19)21/h1-6,8H,7,9-12H2,(H,18,20). The molecule has 1 aromatic carbocycles. The molecule has 24 heavy (non-hydrogen) atoms. The van der Waals surface area contributed by atoms with Crippen LogP contribution >= 0.6 is 23.5 Å². The highest BCUT2D eigenvalue weighted by atomic mass is 32.2. The molecule has 1 aliphatic rings. The van der Waals surface area contributed by atoms with Gasteiger partial charge in [0, 0.05) is 17.2 Å². The summed E-state index contributed by atoms with van der Waals surface area (Å²) in [4.78, 5) is 26.8. The molecule has 0 saturated carbocycles. The lowest BCUT2D eigenvalue weighted by atomic mass is 10.2. The van der Waals surface area contributed by atoms with E-state index in [4.69, 9.17) is 4.42 Å². The number of hydrogen-bond donors (Lipinski definition) is 1. The van der Waals surface area contributed by atoms with Crippen LogP contribution in [0.25, 0.3) is 0 Å². The molecule has 1 N–H and O–H groups in total. The molecule has 2 heterocycles. The lowest BCUT2D eigenvalue weighted by molar-refractivity contribution is -0.122. The van der Waals surface area contributed by atoms with Crippen LogP contribution in [-0.2, 0) is 15.3 Å². The van der Waals surface area contributed by atoms with Gasteiger partial charge in [0.25, 0.3) is 0 Å². The summed E-state index contributed by atoms with van der Waals surface area (Å²) in [6.07, 6.45) is 1.66. The van der Waals surface area contributed by atoms with Crippen LogP contribution in [0.5, 0.6) is 0 Å². The minimum Gasteiger partial charge on any atom is -0.468 e. The maximum Gasteiger partial charge on any atom is 0.240 e. The van der Waals surface area contributed by atoms with Crippen molar-refractivity contribution in [3.05, 3.63) is 48.4 Å². The molecule has 0 aliphatic carbocycles. The van der Waals surface area contributed by atoms with Crippen LogP contribution < -0.4 is 10.2 Å². The Hall–Kier alpha value is -1.86. The number of thioether (sulfide) groups is 2. The average Bonchev–Trinajstić information content (AvgIpc) is 3.10. The first kappa shape index (κ1) is 17.0. The number of anilines is 1. The molecule has 5 nitrogen and oxygen atoms in total. The second kappa shape index (κ2) is 8.30. The van der Waals surface area contributed by atoms with Crippen LogP contribution in [0.1, 0.15) is 5.76 Å². The zero-order valence-electron chi connectivity index (χ0n) is 13.1. The van der Waals surface area contributed by atoms with Crippen LogP contribution in [0.4, 0.5) is 5.69 Å². The summed E-state index contributed by atoms with van der Waals surface area (Å²) in [5.74, 6) is 2.73. The van der Waals surface area contributed by atoms with Crippen LogP contribution in [0.15, 0.2) is 52.0 Å². The van der Waals surface area contributed by atoms with Crippen LogP contribution in [0.3, 0.4) is 0 Å². The molecule has 0 spiro atoms. The number of nitrogens with zero attached hydrogens (tertiary/aromatic N) is 1. The number of carbonyl (C=O) groups is 2. The molecule has 1 aromatic heterocycles. The van der Waals surface area contributed by atoms with Gasteiger partial charge in [-0.1, -0.05) is 12.1 Å². The van der Waals surface area contributed by atoms with Gasteiger partial charge < -0.3 is 14.6 Å². The molecule has 0 atom stereocenters. The van der Waals surface area contributed by atoms with E-state index >= 15 is 0 Å². The molecule has 2 amide bonds. The van der Waals surface area contributed by atoms with E-state index in [1.165, 1.54) is 11.8 Å². The third-order valence-electron chi connectivity index (χ3n) is 3.50. The fourth-order valence-electron chi connectivity index (χ4n) is 2.36. The molecule has 0 bridgehead atoms. The minimum absolute atomic E-state index is 0.0268. The second-order valence-corrected chi connectivity index (χ2v) is 7.34. The van der Waals surface area contributed by atoms with E-state index in [2.05, 4.69) is 5.32 Å². The van der Waals surface area contributed by atoms with E-state index in [-0.39, 0.29) is 18.4 Å². The SMILES string of the molecule is O=C(CN1C(=O)CSc2ccccc21)NCCSCc1ccco1. The second-order valence-electron chi connectivity index (χ2n) is 5.22. The Morgan fingerprint density at radius 2 is 2.17 bits per heavy atom. The fourth-order valence-corrected chi connectivity index (χ4v) is 4.05. The molecule has 0 fully saturated rings. The highest BCUT2D eigenvalue weighted by Gasteiger charge is 2.25. The number of carbonyl (C=O) groups excluding carboxylic acids is 2. The summed E-state index contributed by atoms with van der Waals surface area (Å²) >= 11 is 3.21. The van der Waals surface area contributed by atoms with Crippen molar-refractivity contribution in [2.75, 3.05) is 29.5 Å². The molecule has 0 unspecified atom stereocenters. The number of para-hydroxylation sites is 1. The number of amides is 2. The van der Waals surface area contributed by atoms with E-state index in [1.807, 2.05) is 36.4 Å². The Kier molecular flexibility index (Phi) is 5.87. The van der Waals surface area contributed by atoms with Crippen LogP contribution in [-0.4, -0.2) is 36.4 Å². The summed E-state index contributed by atoms with van der Waals surface area (Å²) in [6, 6.07) is 11.5. The summed E-state index contributed by atoms with van der Waals surface area (Å²) < 4.78 is 5.25. The Balaban J connectivity index is 1.44. The maximum atomic E-state index is 12.1. The first-order valence-electron chi connectivity index (χ1n) is 7.63. The van der Waals surface area contributed by atoms with Crippen LogP contribution in [0.2, 0.25) is 0 Å². The minimum atomic E-state index is -0.136. The van der Waals surface area contributed by atoms with E-state index in [0.29, 0.717) is 12.3 Å². The predicted octanol–water partition coefficient (Wildman–Crippen LogP) is 2.77. The lowest BCUT2D eigenvalue weighted by Crippen LogP contribution is -2.43. The normalized spacial score (nSPS) is 13.7. The van der Waals surface area contributed by atoms with Crippen molar-refractivity contribution < 1.29 is 14.0 Å². The molecule has 1 aliphatic heterocycles. The molecule has 126 valence electrons. The molecule has 2 aromatic rings. The van der Waals surface area contributed by atoms with Crippen molar-refractivity contribution >= 4 is 41.0 Å². The van der Waals surface area contributed by atoms with Crippen molar-refractivity contribution in [1.29, 1.82) is 0 Å². The van der Waals surface area contributed by atoms with Gasteiger partial charge in [-0.2, -0.15) is 11.8 Å². The zero-order valence-corrected chi connectivity index (χ0v) is 14.7.